The number of Topliss-reactive ketones (excluding diaryl/α,β-unsaturated/α-hetero) is 1. The van der Waals surface area contributed by atoms with Crippen LogP contribution in [-0.4, -0.2) is 22.0 Å². The summed E-state index contributed by atoms with van der Waals surface area (Å²) >= 11 is 3.43. The molecule has 1 atom stereocenters. The van der Waals surface area contributed by atoms with Crippen LogP contribution in [-0.2, 0) is 4.74 Å². The van der Waals surface area contributed by atoms with E-state index in [1.165, 1.54) is 4.57 Å². The summed E-state index contributed by atoms with van der Waals surface area (Å²) in [7, 11) is 0. The van der Waals surface area contributed by atoms with Crippen molar-refractivity contribution in [2.75, 3.05) is 0 Å². The molecule has 2 rings (SSSR count). The summed E-state index contributed by atoms with van der Waals surface area (Å²) in [5.74, 6) is -0.0513. The summed E-state index contributed by atoms with van der Waals surface area (Å²) in [6.07, 6.45) is 1.87. The van der Waals surface area contributed by atoms with E-state index in [0.717, 1.165) is 16.3 Å². The number of ketones is 1. The lowest BCUT2D eigenvalue weighted by molar-refractivity contribution is 0.0544. The van der Waals surface area contributed by atoms with Gasteiger partial charge in [-0.25, -0.2) is 4.79 Å². The standard InChI is InChI=1S/C18H22BrNO3/c1-6-11(2)16(21)14-10-20(17(22)23-18(3,4)5)15-8-7-12(19)9-13(14)15/h7-11H,6H2,1-5H3. The van der Waals surface area contributed by atoms with Crippen molar-refractivity contribution >= 4 is 38.7 Å². The van der Waals surface area contributed by atoms with E-state index >= 15 is 0 Å². The van der Waals surface area contributed by atoms with E-state index in [9.17, 15) is 9.59 Å². The Labute approximate surface area is 144 Å². The van der Waals surface area contributed by atoms with E-state index in [2.05, 4.69) is 15.9 Å². The van der Waals surface area contributed by atoms with Crippen molar-refractivity contribution in [3.05, 3.63) is 34.4 Å². The van der Waals surface area contributed by atoms with Crippen molar-refractivity contribution in [1.82, 2.24) is 4.57 Å². The summed E-state index contributed by atoms with van der Waals surface area (Å²) < 4.78 is 7.73. The van der Waals surface area contributed by atoms with Gasteiger partial charge in [-0.2, -0.15) is 0 Å². The topological polar surface area (TPSA) is 48.3 Å². The van der Waals surface area contributed by atoms with Crippen molar-refractivity contribution in [1.29, 1.82) is 0 Å². The van der Waals surface area contributed by atoms with Gasteiger partial charge in [0, 0.05) is 27.5 Å². The Morgan fingerprint density at radius 1 is 1.30 bits per heavy atom. The summed E-state index contributed by atoms with van der Waals surface area (Å²) in [5, 5.41) is 0.760. The number of hydrogen-bond donors (Lipinski definition) is 0. The lowest BCUT2D eigenvalue weighted by Gasteiger charge is -2.19. The number of hydrogen-bond acceptors (Lipinski definition) is 3. The molecule has 1 aromatic carbocycles. The Bertz CT molecular complexity index is 755. The van der Waals surface area contributed by atoms with Crippen LogP contribution in [0.1, 0.15) is 51.4 Å². The third kappa shape index (κ3) is 3.83. The quantitative estimate of drug-likeness (QED) is 0.669. The van der Waals surface area contributed by atoms with Crippen LogP contribution in [0.5, 0.6) is 0 Å². The molecule has 1 unspecified atom stereocenters. The van der Waals surface area contributed by atoms with Crippen LogP contribution in [0, 0.1) is 5.92 Å². The number of carbonyl (C=O) groups excluding carboxylic acids is 2. The van der Waals surface area contributed by atoms with Gasteiger partial charge in [0.2, 0.25) is 0 Å². The predicted molar refractivity (Wildman–Crippen MR) is 95.1 cm³/mol. The van der Waals surface area contributed by atoms with Gasteiger partial charge in [-0.05, 0) is 45.4 Å². The average molecular weight is 380 g/mol. The van der Waals surface area contributed by atoms with E-state index in [0.29, 0.717) is 11.1 Å². The molecule has 0 saturated carbocycles. The van der Waals surface area contributed by atoms with E-state index in [1.54, 1.807) is 6.20 Å². The first kappa shape index (κ1) is 17.7. The molecular formula is C18H22BrNO3. The van der Waals surface area contributed by atoms with Crippen molar-refractivity contribution in [3.63, 3.8) is 0 Å². The molecule has 0 N–H and O–H groups in total. The number of ether oxygens (including phenoxy) is 1. The normalized spacial score (nSPS) is 13.1. The molecule has 23 heavy (non-hydrogen) atoms. The first-order valence-electron chi connectivity index (χ1n) is 7.72. The lowest BCUT2D eigenvalue weighted by Crippen LogP contribution is -2.26. The predicted octanol–water partition coefficient (Wildman–Crippen LogP) is 5.42. The highest BCUT2D eigenvalue weighted by Gasteiger charge is 2.24. The van der Waals surface area contributed by atoms with Gasteiger partial charge in [0.15, 0.2) is 5.78 Å². The smallest absolute Gasteiger partial charge is 0.419 e. The molecule has 0 aliphatic heterocycles. The van der Waals surface area contributed by atoms with Gasteiger partial charge in [0.1, 0.15) is 5.60 Å². The largest absolute Gasteiger partial charge is 0.443 e. The van der Waals surface area contributed by atoms with E-state index in [-0.39, 0.29) is 11.7 Å². The van der Waals surface area contributed by atoms with Gasteiger partial charge in [0.05, 0.1) is 5.52 Å². The Hall–Kier alpha value is -1.62. The summed E-state index contributed by atoms with van der Waals surface area (Å²) in [5.41, 5.74) is 0.639. The average Bonchev–Trinajstić information content (AvgIpc) is 2.82. The van der Waals surface area contributed by atoms with E-state index in [4.69, 9.17) is 4.74 Å². The monoisotopic (exact) mass is 379 g/mol. The maximum absolute atomic E-state index is 12.6. The fraction of sp³-hybridized carbons (Fsp3) is 0.444. The zero-order valence-electron chi connectivity index (χ0n) is 14.1. The molecule has 2 aromatic rings. The van der Waals surface area contributed by atoms with Crippen LogP contribution in [0.4, 0.5) is 4.79 Å². The fourth-order valence-electron chi connectivity index (χ4n) is 2.31. The maximum atomic E-state index is 12.6. The van der Waals surface area contributed by atoms with E-state index in [1.807, 2.05) is 52.8 Å². The second kappa shape index (κ2) is 6.48. The molecule has 5 heteroatoms. The first-order chi connectivity index (χ1) is 10.6. The molecule has 4 nitrogen and oxygen atoms in total. The molecule has 0 saturated heterocycles. The summed E-state index contributed by atoms with van der Waals surface area (Å²) in [6.45, 7) is 9.33. The van der Waals surface area contributed by atoms with Gasteiger partial charge < -0.3 is 4.74 Å². The Morgan fingerprint density at radius 3 is 2.52 bits per heavy atom. The number of carbonyl (C=O) groups is 2. The van der Waals surface area contributed by atoms with Crippen molar-refractivity contribution < 1.29 is 14.3 Å². The van der Waals surface area contributed by atoms with Crippen molar-refractivity contribution in [2.45, 2.75) is 46.6 Å². The Morgan fingerprint density at radius 2 is 1.96 bits per heavy atom. The van der Waals surface area contributed by atoms with Crippen molar-refractivity contribution in [2.24, 2.45) is 5.92 Å². The van der Waals surface area contributed by atoms with Crippen LogP contribution in [0.15, 0.2) is 28.9 Å². The molecular weight excluding hydrogens is 358 g/mol. The van der Waals surface area contributed by atoms with Crippen LogP contribution < -0.4 is 0 Å². The zero-order chi connectivity index (χ0) is 17.4. The molecule has 1 aromatic heterocycles. The third-order valence-electron chi connectivity index (χ3n) is 3.68. The highest BCUT2D eigenvalue weighted by molar-refractivity contribution is 9.10. The molecule has 0 amide bonds. The Balaban J connectivity index is 2.59. The van der Waals surface area contributed by atoms with Crippen LogP contribution >= 0.6 is 15.9 Å². The van der Waals surface area contributed by atoms with Crippen LogP contribution in [0.3, 0.4) is 0 Å². The molecule has 0 aliphatic carbocycles. The van der Waals surface area contributed by atoms with Crippen LogP contribution in [0.25, 0.3) is 10.9 Å². The Kier molecular flexibility index (Phi) is 4.99. The number of benzene rings is 1. The van der Waals surface area contributed by atoms with Gasteiger partial charge in [-0.1, -0.05) is 29.8 Å². The van der Waals surface area contributed by atoms with E-state index < -0.39 is 11.7 Å². The SMILES string of the molecule is CCC(C)C(=O)c1cn(C(=O)OC(C)(C)C)c2ccc(Br)cc12. The van der Waals surface area contributed by atoms with Crippen LogP contribution in [0.2, 0.25) is 0 Å². The number of aromatic nitrogens is 1. The fourth-order valence-corrected chi connectivity index (χ4v) is 2.67. The van der Waals surface area contributed by atoms with Gasteiger partial charge in [-0.15, -0.1) is 0 Å². The number of rotatable bonds is 3. The van der Waals surface area contributed by atoms with Gasteiger partial charge in [0.25, 0.3) is 0 Å². The highest BCUT2D eigenvalue weighted by atomic mass is 79.9. The minimum Gasteiger partial charge on any atom is -0.443 e. The lowest BCUT2D eigenvalue weighted by atomic mass is 9.97. The number of fused-ring (bicyclic) bond motifs is 1. The second-order valence-electron chi connectivity index (χ2n) is 6.73. The third-order valence-corrected chi connectivity index (χ3v) is 4.18. The minimum absolute atomic E-state index is 0.0397. The molecule has 0 aliphatic rings. The van der Waals surface area contributed by atoms with Crippen molar-refractivity contribution in [3.8, 4) is 0 Å². The molecule has 0 spiro atoms. The van der Waals surface area contributed by atoms with Gasteiger partial charge in [-0.3, -0.25) is 9.36 Å². The summed E-state index contributed by atoms with van der Waals surface area (Å²) in [4.78, 5) is 25.1. The molecule has 0 bridgehead atoms. The van der Waals surface area contributed by atoms with Gasteiger partial charge >= 0.3 is 6.09 Å². The highest BCUT2D eigenvalue weighted by Crippen LogP contribution is 2.28. The first-order valence-corrected chi connectivity index (χ1v) is 8.51. The second-order valence-corrected chi connectivity index (χ2v) is 7.64. The molecule has 0 radical (unpaired) electrons. The number of nitrogens with zero attached hydrogens (tertiary/aromatic N) is 1. The summed E-state index contributed by atoms with van der Waals surface area (Å²) in [6, 6.07) is 5.53. The molecule has 0 fully saturated rings. The minimum atomic E-state index is -0.593. The zero-order valence-corrected chi connectivity index (χ0v) is 15.7. The molecule has 124 valence electrons. The molecule has 1 heterocycles. The maximum Gasteiger partial charge on any atom is 0.419 e. The number of halogens is 1.